The third-order valence-electron chi connectivity index (χ3n) is 5.30. The summed E-state index contributed by atoms with van der Waals surface area (Å²) in [6.07, 6.45) is 2.09. The van der Waals surface area contributed by atoms with Crippen molar-refractivity contribution in [2.45, 2.75) is 77.7 Å². The fourth-order valence-electron chi connectivity index (χ4n) is 3.68. The van der Waals surface area contributed by atoms with E-state index in [1.165, 1.54) is 6.20 Å². The zero-order valence-corrected chi connectivity index (χ0v) is 21.5. The van der Waals surface area contributed by atoms with Gasteiger partial charge in [0.15, 0.2) is 11.0 Å². The van der Waals surface area contributed by atoms with Gasteiger partial charge in [-0.1, -0.05) is 31.5 Å². The molecule has 3 rings (SSSR count). The van der Waals surface area contributed by atoms with Crippen LogP contribution in [0.3, 0.4) is 0 Å². The molecule has 0 spiro atoms. The number of rotatable bonds is 4. The Labute approximate surface area is 199 Å². The number of aromatic nitrogens is 1. The number of anilines is 1. The van der Waals surface area contributed by atoms with Crippen LogP contribution in [0.1, 0.15) is 70.1 Å². The highest BCUT2D eigenvalue weighted by atomic mass is 32.2. The number of benzene rings is 1. The molecular weight excluding hydrogens is 441 g/mol. The highest BCUT2D eigenvalue weighted by molar-refractivity contribution is 7.86. The van der Waals surface area contributed by atoms with E-state index in [-0.39, 0.29) is 17.8 Å². The van der Waals surface area contributed by atoms with E-state index in [1.807, 2.05) is 53.7 Å². The molecule has 0 saturated carbocycles. The molecule has 1 aliphatic rings. The van der Waals surface area contributed by atoms with Crippen LogP contribution in [0.15, 0.2) is 35.4 Å². The van der Waals surface area contributed by atoms with Crippen molar-refractivity contribution >= 4 is 22.9 Å². The zero-order valence-electron chi connectivity index (χ0n) is 20.7. The van der Waals surface area contributed by atoms with Gasteiger partial charge in [0, 0.05) is 13.1 Å². The van der Waals surface area contributed by atoms with E-state index in [2.05, 4.69) is 9.71 Å². The number of amides is 1. The summed E-state index contributed by atoms with van der Waals surface area (Å²) in [5.41, 5.74) is 1.75. The highest BCUT2D eigenvalue weighted by Gasteiger charge is 2.30. The average Bonchev–Trinajstić information content (AvgIpc) is 2.77. The number of nitrogens with zero attached hydrogens (tertiary/aromatic N) is 2. The lowest BCUT2D eigenvalue weighted by Crippen LogP contribution is -2.41. The fourth-order valence-corrected chi connectivity index (χ4v) is 4.57. The number of piperidine rings is 1. The van der Waals surface area contributed by atoms with Gasteiger partial charge in [-0.15, -0.1) is 0 Å². The third-order valence-corrected chi connectivity index (χ3v) is 6.38. The minimum atomic E-state index is -1.50. The molecule has 2 heterocycles. The number of likely N-dealkylation sites (tertiary alicyclic amines) is 1. The zero-order chi connectivity index (χ0) is 24.8. The summed E-state index contributed by atoms with van der Waals surface area (Å²) in [6.45, 7) is 14.3. The third kappa shape index (κ3) is 7.25. The highest BCUT2D eigenvalue weighted by Crippen LogP contribution is 2.34. The minimum absolute atomic E-state index is 0.0463. The van der Waals surface area contributed by atoms with E-state index >= 15 is 0 Å². The van der Waals surface area contributed by atoms with Crippen LogP contribution in [0.5, 0.6) is 0 Å². The maximum absolute atomic E-state index is 14.7. The molecule has 1 N–H and O–H groups in total. The van der Waals surface area contributed by atoms with E-state index in [0.29, 0.717) is 47.8 Å². The molecule has 1 unspecified atom stereocenters. The Hall–Kier alpha value is -2.48. The summed E-state index contributed by atoms with van der Waals surface area (Å²) in [6, 6.07) is 7.38. The van der Waals surface area contributed by atoms with Gasteiger partial charge in [-0.3, -0.25) is 4.72 Å². The van der Waals surface area contributed by atoms with Crippen molar-refractivity contribution < 1.29 is 18.1 Å². The van der Waals surface area contributed by atoms with Gasteiger partial charge in [-0.05, 0) is 76.6 Å². The number of halogens is 1. The Balaban J connectivity index is 0.00000187. The number of nitrogens with one attached hydrogen (secondary N) is 1. The molecule has 1 saturated heterocycles. The van der Waals surface area contributed by atoms with Crippen molar-refractivity contribution in [1.82, 2.24) is 9.88 Å². The molecular formula is C25H36FN3O3S. The summed E-state index contributed by atoms with van der Waals surface area (Å²) < 4.78 is 35.8. The van der Waals surface area contributed by atoms with Crippen molar-refractivity contribution in [3.05, 3.63) is 53.0 Å². The van der Waals surface area contributed by atoms with Crippen molar-refractivity contribution in [3.63, 3.8) is 0 Å². The first-order chi connectivity index (χ1) is 15.5. The van der Waals surface area contributed by atoms with Gasteiger partial charge in [0.25, 0.3) is 0 Å². The summed E-state index contributed by atoms with van der Waals surface area (Å²) in [5, 5.41) is 0. The predicted molar refractivity (Wildman–Crippen MR) is 131 cm³/mol. The van der Waals surface area contributed by atoms with E-state index in [1.54, 1.807) is 24.0 Å². The van der Waals surface area contributed by atoms with Crippen LogP contribution in [0.25, 0.3) is 0 Å². The Kier molecular flexibility index (Phi) is 9.40. The number of aryl methyl sites for hydroxylation is 1. The lowest BCUT2D eigenvalue weighted by Gasteiger charge is -2.34. The summed E-state index contributed by atoms with van der Waals surface area (Å²) in [7, 11) is -1.50. The van der Waals surface area contributed by atoms with E-state index in [4.69, 9.17) is 4.74 Å². The molecule has 0 aliphatic carbocycles. The molecule has 1 fully saturated rings. The SMILES string of the molecule is CC.Cc1ccc(S(=O)Nc2ncc(F)c(C3CCN(C(=O)OC(C)(C)C)CC3)c2C)cc1. The molecule has 0 bridgehead atoms. The lowest BCUT2D eigenvalue weighted by atomic mass is 9.87. The molecule has 1 atom stereocenters. The Morgan fingerprint density at radius 2 is 1.73 bits per heavy atom. The molecule has 2 aromatic rings. The number of carbonyl (C=O) groups excluding carboxylic acids is 1. The van der Waals surface area contributed by atoms with Gasteiger partial charge in [0.2, 0.25) is 0 Å². The lowest BCUT2D eigenvalue weighted by molar-refractivity contribution is 0.0204. The minimum Gasteiger partial charge on any atom is -0.444 e. The molecule has 1 aromatic carbocycles. The van der Waals surface area contributed by atoms with Crippen LogP contribution in [-0.4, -0.2) is 38.9 Å². The fraction of sp³-hybridized carbons (Fsp3) is 0.520. The summed E-state index contributed by atoms with van der Waals surface area (Å²) in [4.78, 5) is 18.7. The monoisotopic (exact) mass is 477 g/mol. The first kappa shape index (κ1) is 26.8. The quantitative estimate of drug-likeness (QED) is 0.576. The molecule has 0 radical (unpaired) electrons. The van der Waals surface area contributed by atoms with Crippen molar-refractivity contribution in [2.75, 3.05) is 17.8 Å². The number of pyridine rings is 1. The van der Waals surface area contributed by atoms with Gasteiger partial charge in [-0.2, -0.15) is 0 Å². The number of carbonyl (C=O) groups is 1. The average molecular weight is 478 g/mol. The van der Waals surface area contributed by atoms with Gasteiger partial charge < -0.3 is 9.64 Å². The molecule has 1 aliphatic heterocycles. The molecule has 1 aromatic heterocycles. The smallest absolute Gasteiger partial charge is 0.410 e. The van der Waals surface area contributed by atoms with E-state index in [9.17, 15) is 13.4 Å². The normalized spacial score (nSPS) is 15.3. The molecule has 1 amide bonds. The molecule has 182 valence electrons. The molecule has 8 heteroatoms. The van der Waals surface area contributed by atoms with Crippen molar-refractivity contribution in [3.8, 4) is 0 Å². The molecule has 6 nitrogen and oxygen atoms in total. The van der Waals surface area contributed by atoms with Crippen LogP contribution in [-0.2, 0) is 15.7 Å². The van der Waals surface area contributed by atoms with Crippen LogP contribution in [0, 0.1) is 19.7 Å². The standard InChI is InChI=1S/C23H30FN3O3S.C2H6/c1-15-6-8-18(9-7-15)31(29)26-21-16(2)20(19(24)14-25-21)17-10-12-27(13-11-17)22(28)30-23(3,4)5;1-2/h6-9,14,17H,10-13H2,1-5H3,(H,25,26);1-2H3. The Morgan fingerprint density at radius 1 is 1.15 bits per heavy atom. The van der Waals surface area contributed by atoms with Gasteiger partial charge in [0.05, 0.1) is 11.1 Å². The predicted octanol–water partition coefficient (Wildman–Crippen LogP) is 6.11. The summed E-state index contributed by atoms with van der Waals surface area (Å²) >= 11 is 0. The first-order valence-corrected chi connectivity index (χ1v) is 12.6. The second-order valence-corrected chi connectivity index (χ2v) is 10.1. The maximum atomic E-state index is 14.7. The van der Waals surface area contributed by atoms with Crippen LogP contribution >= 0.6 is 0 Å². The summed E-state index contributed by atoms with van der Waals surface area (Å²) in [5.74, 6) is -0.0141. The largest absolute Gasteiger partial charge is 0.444 e. The van der Waals surface area contributed by atoms with Crippen molar-refractivity contribution in [1.29, 1.82) is 0 Å². The van der Waals surface area contributed by atoms with E-state index < -0.39 is 16.6 Å². The number of hydrogen-bond acceptors (Lipinski definition) is 4. The molecule has 33 heavy (non-hydrogen) atoms. The Morgan fingerprint density at radius 3 is 2.27 bits per heavy atom. The first-order valence-electron chi connectivity index (χ1n) is 11.4. The number of ether oxygens (including phenoxy) is 1. The van der Waals surface area contributed by atoms with Gasteiger partial charge in [-0.25, -0.2) is 18.4 Å². The van der Waals surface area contributed by atoms with Crippen molar-refractivity contribution in [2.24, 2.45) is 0 Å². The number of hydrogen-bond donors (Lipinski definition) is 1. The van der Waals surface area contributed by atoms with Crippen LogP contribution in [0.4, 0.5) is 15.0 Å². The maximum Gasteiger partial charge on any atom is 0.410 e. The van der Waals surface area contributed by atoms with E-state index in [0.717, 1.165) is 5.56 Å². The van der Waals surface area contributed by atoms with Crippen LogP contribution in [0.2, 0.25) is 0 Å². The van der Waals surface area contributed by atoms with Crippen LogP contribution < -0.4 is 4.72 Å². The van der Waals surface area contributed by atoms with Gasteiger partial charge >= 0.3 is 6.09 Å². The Bertz CT molecular complexity index is 966. The topological polar surface area (TPSA) is 71.5 Å². The second kappa shape index (κ2) is 11.6. The van der Waals surface area contributed by atoms with Gasteiger partial charge in [0.1, 0.15) is 17.2 Å². The second-order valence-electron chi connectivity index (χ2n) is 8.92.